The van der Waals surface area contributed by atoms with Crippen molar-refractivity contribution in [2.45, 2.75) is 37.6 Å². The summed E-state index contributed by atoms with van der Waals surface area (Å²) in [6.45, 7) is 0.436. The maximum absolute atomic E-state index is 13.9. The highest BCUT2D eigenvalue weighted by atomic mass is 19.3. The number of fused-ring (bicyclic) bond motifs is 3. The van der Waals surface area contributed by atoms with Crippen molar-refractivity contribution < 1.29 is 13.6 Å². The molecule has 1 atom stereocenters. The zero-order chi connectivity index (χ0) is 23.7. The van der Waals surface area contributed by atoms with Gasteiger partial charge in [0.15, 0.2) is 0 Å². The molecule has 5 aromatic rings. The molecule has 0 spiro atoms. The molecule has 1 saturated carbocycles. The van der Waals surface area contributed by atoms with E-state index in [0.717, 1.165) is 11.2 Å². The van der Waals surface area contributed by atoms with Gasteiger partial charge in [0.2, 0.25) is 0 Å². The first-order chi connectivity index (χ1) is 17.1. The van der Waals surface area contributed by atoms with Crippen LogP contribution in [0.1, 0.15) is 69.9 Å². The van der Waals surface area contributed by atoms with Gasteiger partial charge < -0.3 is 9.88 Å². The Hall–Kier alpha value is -4.08. The summed E-state index contributed by atoms with van der Waals surface area (Å²) >= 11 is 0. The molecule has 0 radical (unpaired) electrons. The molecule has 176 valence electrons. The number of alkyl halides is 2. The predicted molar refractivity (Wildman–Crippen MR) is 122 cm³/mol. The van der Waals surface area contributed by atoms with Crippen LogP contribution in [0.15, 0.2) is 55.1 Å². The second-order valence-corrected chi connectivity index (χ2v) is 9.20. The van der Waals surface area contributed by atoms with Crippen LogP contribution in [0.25, 0.3) is 11.0 Å². The largest absolute Gasteiger partial charge is 0.348 e. The fourth-order valence-electron chi connectivity index (χ4n) is 5.13. The molecule has 7 rings (SSSR count). The van der Waals surface area contributed by atoms with Gasteiger partial charge in [-0.1, -0.05) is 12.1 Å². The van der Waals surface area contributed by atoms with Crippen molar-refractivity contribution in [2.24, 2.45) is 0 Å². The molecular formula is C25H21F2N7O. The predicted octanol–water partition coefficient (Wildman–Crippen LogP) is 4.31. The normalized spacial score (nSPS) is 18.0. The minimum absolute atomic E-state index is 0.191. The lowest BCUT2D eigenvalue weighted by Crippen LogP contribution is -2.41. The van der Waals surface area contributed by atoms with Crippen LogP contribution in [0.2, 0.25) is 0 Å². The maximum Gasteiger partial charge on any atom is 0.280 e. The summed E-state index contributed by atoms with van der Waals surface area (Å²) in [4.78, 5) is 23.2. The topological polar surface area (TPSA) is 83.6 Å². The molecule has 0 aromatic carbocycles. The molecule has 2 aliphatic rings. The minimum Gasteiger partial charge on any atom is -0.348 e. The molecule has 6 heterocycles. The Balaban J connectivity index is 1.33. The first-order valence-electron chi connectivity index (χ1n) is 11.7. The Kier molecular flexibility index (Phi) is 4.33. The monoisotopic (exact) mass is 473 g/mol. The first-order valence-corrected chi connectivity index (χ1v) is 11.7. The number of halogens is 2. The molecule has 35 heavy (non-hydrogen) atoms. The highest BCUT2D eigenvalue weighted by molar-refractivity contribution is 6.01. The maximum atomic E-state index is 13.9. The van der Waals surface area contributed by atoms with Crippen LogP contribution < -0.4 is 0 Å². The number of nitrogens with one attached hydrogen (secondary N) is 1. The second-order valence-electron chi connectivity index (χ2n) is 9.20. The number of amides is 1. The molecule has 0 bridgehead atoms. The van der Waals surface area contributed by atoms with Crippen molar-refractivity contribution in [3.63, 3.8) is 0 Å². The Labute approximate surface area is 198 Å². The van der Waals surface area contributed by atoms with Crippen LogP contribution in [-0.2, 0) is 6.42 Å². The molecule has 10 heteroatoms. The van der Waals surface area contributed by atoms with E-state index in [1.807, 2.05) is 12.3 Å². The SMILES string of the molecule is O=C(c1cnn2cc(C3CC3)ccc12)N1CCc2[nH]cnc2[C@@H]1c1cc2cccc(C(F)F)n2n1. The van der Waals surface area contributed by atoms with E-state index in [1.54, 1.807) is 40.1 Å². The molecule has 8 nitrogen and oxygen atoms in total. The Bertz CT molecular complexity index is 1600. The average molecular weight is 473 g/mol. The van der Waals surface area contributed by atoms with Crippen LogP contribution in [0.4, 0.5) is 8.78 Å². The van der Waals surface area contributed by atoms with Crippen molar-refractivity contribution in [1.29, 1.82) is 0 Å². The van der Waals surface area contributed by atoms with Gasteiger partial charge in [-0.25, -0.2) is 22.8 Å². The van der Waals surface area contributed by atoms with E-state index in [9.17, 15) is 13.6 Å². The third kappa shape index (κ3) is 3.16. The Morgan fingerprint density at radius 2 is 2.06 bits per heavy atom. The van der Waals surface area contributed by atoms with E-state index in [2.05, 4.69) is 26.2 Å². The van der Waals surface area contributed by atoms with Gasteiger partial charge >= 0.3 is 0 Å². The number of carbonyl (C=O) groups is 1. The fraction of sp³-hybridized carbons (Fsp3) is 0.280. The van der Waals surface area contributed by atoms with E-state index < -0.39 is 12.5 Å². The Morgan fingerprint density at radius 3 is 2.89 bits per heavy atom. The van der Waals surface area contributed by atoms with Crippen LogP contribution >= 0.6 is 0 Å². The lowest BCUT2D eigenvalue weighted by atomic mass is 9.98. The number of pyridine rings is 2. The van der Waals surface area contributed by atoms with Crippen LogP contribution in [0, 0.1) is 0 Å². The number of aromatic amines is 1. The van der Waals surface area contributed by atoms with Crippen molar-refractivity contribution >= 4 is 16.9 Å². The van der Waals surface area contributed by atoms with E-state index in [1.165, 1.54) is 29.0 Å². The summed E-state index contributed by atoms with van der Waals surface area (Å²) < 4.78 is 30.2. The fourth-order valence-corrected chi connectivity index (χ4v) is 5.13. The minimum atomic E-state index is -2.67. The van der Waals surface area contributed by atoms with Gasteiger partial charge in [-0.3, -0.25) is 4.79 Å². The molecule has 1 fully saturated rings. The number of hydrogen-bond acceptors (Lipinski definition) is 4. The zero-order valence-electron chi connectivity index (χ0n) is 18.6. The number of hydrogen-bond donors (Lipinski definition) is 1. The summed E-state index contributed by atoms with van der Waals surface area (Å²) in [5.41, 5.74) is 4.89. The van der Waals surface area contributed by atoms with Crippen molar-refractivity contribution in [3.8, 4) is 0 Å². The first kappa shape index (κ1) is 20.3. The standard InChI is InChI=1S/C25H21F2N7O/c26-24(27)21-3-1-2-16-10-19(31-34(16)21)23-22-18(28-13-29-22)8-9-32(23)25(35)17-11-30-33-12-15(14-4-5-14)6-7-20(17)33/h1-3,6-7,10-14,23-24H,4-5,8-9H2,(H,28,29)/t23-/m0/s1. The highest BCUT2D eigenvalue weighted by Crippen LogP contribution is 2.40. The van der Waals surface area contributed by atoms with E-state index in [0.29, 0.717) is 41.4 Å². The second kappa shape index (κ2) is 7.46. The van der Waals surface area contributed by atoms with Gasteiger partial charge in [0.25, 0.3) is 12.3 Å². The van der Waals surface area contributed by atoms with Gasteiger partial charge in [0, 0.05) is 24.9 Å². The van der Waals surface area contributed by atoms with Crippen LogP contribution in [-0.4, -0.2) is 46.5 Å². The number of aromatic nitrogens is 6. The third-order valence-corrected chi connectivity index (χ3v) is 7.04. The molecule has 1 N–H and O–H groups in total. The molecule has 0 saturated heterocycles. The van der Waals surface area contributed by atoms with E-state index in [4.69, 9.17) is 0 Å². The van der Waals surface area contributed by atoms with Crippen molar-refractivity contribution in [1.82, 2.24) is 34.1 Å². The van der Waals surface area contributed by atoms with Crippen molar-refractivity contribution in [3.05, 3.63) is 89.0 Å². The third-order valence-electron chi connectivity index (χ3n) is 7.04. The molecular weight excluding hydrogens is 452 g/mol. The van der Waals surface area contributed by atoms with Gasteiger partial charge in [-0.15, -0.1) is 0 Å². The number of rotatable bonds is 4. The van der Waals surface area contributed by atoms with Gasteiger partial charge in [-0.05, 0) is 48.6 Å². The highest BCUT2D eigenvalue weighted by Gasteiger charge is 2.37. The summed E-state index contributed by atoms with van der Waals surface area (Å²) in [5.74, 6) is 0.393. The number of imidazole rings is 1. The molecule has 1 aliphatic carbocycles. The smallest absolute Gasteiger partial charge is 0.280 e. The summed E-state index contributed by atoms with van der Waals surface area (Å²) in [5, 5.41) is 8.97. The number of nitrogens with zero attached hydrogens (tertiary/aromatic N) is 6. The Morgan fingerprint density at radius 1 is 1.17 bits per heavy atom. The summed E-state index contributed by atoms with van der Waals surface area (Å²) in [7, 11) is 0. The summed E-state index contributed by atoms with van der Waals surface area (Å²) in [6, 6.07) is 9.83. The number of H-pyrrole nitrogens is 1. The lowest BCUT2D eigenvalue weighted by Gasteiger charge is -2.33. The van der Waals surface area contributed by atoms with Gasteiger partial charge in [0.05, 0.1) is 40.5 Å². The number of carbonyl (C=O) groups excluding carboxylic acids is 1. The van der Waals surface area contributed by atoms with Crippen LogP contribution in [0.5, 0.6) is 0 Å². The lowest BCUT2D eigenvalue weighted by molar-refractivity contribution is 0.0688. The van der Waals surface area contributed by atoms with Gasteiger partial charge in [-0.2, -0.15) is 10.2 Å². The zero-order valence-corrected chi connectivity index (χ0v) is 18.6. The molecule has 1 amide bonds. The van der Waals surface area contributed by atoms with Crippen LogP contribution in [0.3, 0.4) is 0 Å². The molecule has 0 unspecified atom stereocenters. The molecule has 5 aromatic heterocycles. The van der Waals surface area contributed by atoms with E-state index >= 15 is 0 Å². The van der Waals surface area contributed by atoms with Gasteiger partial charge in [0.1, 0.15) is 11.7 Å². The average Bonchev–Trinajstić information content (AvgIpc) is 3.27. The summed E-state index contributed by atoms with van der Waals surface area (Å²) in [6.07, 6.45) is 5.51. The quantitative estimate of drug-likeness (QED) is 0.422. The molecule has 1 aliphatic heterocycles. The van der Waals surface area contributed by atoms with Crippen molar-refractivity contribution in [2.75, 3.05) is 6.54 Å². The van der Waals surface area contributed by atoms with E-state index in [-0.39, 0.29) is 11.6 Å².